The lowest BCUT2D eigenvalue weighted by molar-refractivity contribution is -0.118. The molecule has 0 aliphatic carbocycles. The van der Waals surface area contributed by atoms with Crippen molar-refractivity contribution in [2.75, 3.05) is 11.9 Å². The van der Waals surface area contributed by atoms with Crippen LogP contribution in [0.1, 0.15) is 18.5 Å². The summed E-state index contributed by atoms with van der Waals surface area (Å²) < 4.78 is 7.73. The van der Waals surface area contributed by atoms with Crippen molar-refractivity contribution in [1.82, 2.24) is 4.57 Å². The van der Waals surface area contributed by atoms with E-state index in [9.17, 15) is 4.79 Å². The summed E-state index contributed by atoms with van der Waals surface area (Å²) in [6.07, 6.45) is 0. The standard InChI is InChI=1S/C25H20ClN3O2S/c1-16(17-7-3-2-4-8-17)29-22(15-32-25(29)28-20-10-6-5-9-19(20)26)18-11-12-23-21(13-18)27-24(30)14-31-23/h2-13,15-16H,14H2,1H3,(H,27,30). The summed E-state index contributed by atoms with van der Waals surface area (Å²) in [5.41, 5.74) is 4.53. The Morgan fingerprint density at radius 3 is 2.69 bits per heavy atom. The summed E-state index contributed by atoms with van der Waals surface area (Å²) in [6, 6.07) is 23.7. The number of para-hydroxylation sites is 1. The lowest BCUT2D eigenvalue weighted by Gasteiger charge is -2.21. The van der Waals surface area contributed by atoms with E-state index in [0.29, 0.717) is 16.5 Å². The van der Waals surface area contributed by atoms with Crippen LogP contribution in [0, 0.1) is 0 Å². The largest absolute Gasteiger partial charge is 0.482 e. The first kappa shape index (κ1) is 20.5. The third-order valence-electron chi connectivity index (χ3n) is 5.39. The van der Waals surface area contributed by atoms with Gasteiger partial charge in [-0.05, 0) is 42.8 Å². The Labute approximate surface area is 194 Å². The van der Waals surface area contributed by atoms with Gasteiger partial charge < -0.3 is 14.6 Å². The molecular weight excluding hydrogens is 442 g/mol. The minimum atomic E-state index is -0.153. The van der Waals surface area contributed by atoms with Crippen molar-refractivity contribution < 1.29 is 9.53 Å². The van der Waals surface area contributed by atoms with Crippen LogP contribution in [-0.4, -0.2) is 17.1 Å². The van der Waals surface area contributed by atoms with Crippen molar-refractivity contribution in [2.45, 2.75) is 13.0 Å². The number of carbonyl (C=O) groups is 1. The molecule has 1 N–H and O–H groups in total. The van der Waals surface area contributed by atoms with Gasteiger partial charge in [-0.1, -0.05) is 54.1 Å². The molecule has 4 aromatic rings. The highest BCUT2D eigenvalue weighted by atomic mass is 35.5. The molecule has 7 heteroatoms. The molecule has 0 bridgehead atoms. The van der Waals surface area contributed by atoms with Crippen molar-refractivity contribution in [3.8, 4) is 17.0 Å². The maximum Gasteiger partial charge on any atom is 0.262 e. The Hall–Kier alpha value is -3.35. The van der Waals surface area contributed by atoms with E-state index >= 15 is 0 Å². The molecule has 0 saturated carbocycles. The highest BCUT2D eigenvalue weighted by Crippen LogP contribution is 2.34. The van der Waals surface area contributed by atoms with Crippen molar-refractivity contribution >= 4 is 40.2 Å². The fourth-order valence-corrected chi connectivity index (χ4v) is 4.92. The Kier molecular flexibility index (Phi) is 5.55. The third kappa shape index (κ3) is 3.95. The number of halogens is 1. The van der Waals surface area contributed by atoms with E-state index in [-0.39, 0.29) is 18.6 Å². The molecule has 1 aliphatic heterocycles. The second kappa shape index (κ2) is 8.65. The minimum absolute atomic E-state index is 0.0283. The molecule has 2 heterocycles. The normalized spacial score (nSPS) is 14.4. The molecule has 1 aromatic heterocycles. The van der Waals surface area contributed by atoms with Gasteiger partial charge in [0.2, 0.25) is 0 Å². The van der Waals surface area contributed by atoms with E-state index in [1.807, 2.05) is 60.7 Å². The summed E-state index contributed by atoms with van der Waals surface area (Å²) in [5.74, 6) is 0.520. The average molecular weight is 462 g/mol. The summed E-state index contributed by atoms with van der Waals surface area (Å²) in [7, 11) is 0. The smallest absolute Gasteiger partial charge is 0.262 e. The molecule has 160 valence electrons. The number of fused-ring (bicyclic) bond motifs is 1. The number of ether oxygens (including phenoxy) is 1. The lowest BCUT2D eigenvalue weighted by Crippen LogP contribution is -2.25. The molecule has 1 aliphatic rings. The van der Waals surface area contributed by atoms with Gasteiger partial charge in [0.05, 0.1) is 28.1 Å². The number of nitrogens with zero attached hydrogens (tertiary/aromatic N) is 2. The maximum absolute atomic E-state index is 11.8. The Balaban J connectivity index is 1.69. The van der Waals surface area contributed by atoms with E-state index in [0.717, 1.165) is 21.7 Å². The van der Waals surface area contributed by atoms with Gasteiger partial charge in [-0.3, -0.25) is 4.79 Å². The molecule has 1 amide bonds. The highest BCUT2D eigenvalue weighted by Gasteiger charge is 2.20. The van der Waals surface area contributed by atoms with E-state index in [4.69, 9.17) is 21.3 Å². The second-order valence-corrected chi connectivity index (χ2v) is 8.71. The fraction of sp³-hybridized carbons (Fsp3) is 0.120. The van der Waals surface area contributed by atoms with Gasteiger partial charge in [0.25, 0.3) is 5.91 Å². The molecule has 1 unspecified atom stereocenters. The Bertz CT molecular complexity index is 1360. The van der Waals surface area contributed by atoms with Crippen LogP contribution in [0.2, 0.25) is 5.02 Å². The first-order valence-electron chi connectivity index (χ1n) is 10.2. The molecule has 0 fully saturated rings. The second-order valence-electron chi connectivity index (χ2n) is 7.47. The van der Waals surface area contributed by atoms with Crippen LogP contribution in [0.25, 0.3) is 11.3 Å². The van der Waals surface area contributed by atoms with Crippen molar-refractivity contribution in [1.29, 1.82) is 0 Å². The van der Waals surface area contributed by atoms with Gasteiger partial charge in [-0.15, -0.1) is 11.3 Å². The maximum atomic E-state index is 11.8. The number of hydrogen-bond acceptors (Lipinski definition) is 4. The summed E-state index contributed by atoms with van der Waals surface area (Å²) in [6.45, 7) is 2.19. The van der Waals surface area contributed by atoms with E-state index in [1.165, 1.54) is 5.56 Å². The molecule has 1 atom stereocenters. The van der Waals surface area contributed by atoms with Gasteiger partial charge >= 0.3 is 0 Å². The van der Waals surface area contributed by atoms with Gasteiger partial charge in [0.1, 0.15) is 5.75 Å². The minimum Gasteiger partial charge on any atom is -0.482 e. The van der Waals surface area contributed by atoms with Crippen LogP contribution < -0.4 is 14.9 Å². The topological polar surface area (TPSA) is 55.6 Å². The van der Waals surface area contributed by atoms with E-state index in [1.54, 1.807) is 11.3 Å². The van der Waals surface area contributed by atoms with Crippen molar-refractivity contribution in [3.63, 3.8) is 0 Å². The van der Waals surface area contributed by atoms with Crippen molar-refractivity contribution in [2.24, 2.45) is 4.99 Å². The zero-order valence-electron chi connectivity index (χ0n) is 17.3. The predicted molar refractivity (Wildman–Crippen MR) is 129 cm³/mol. The predicted octanol–water partition coefficient (Wildman–Crippen LogP) is 6.04. The quantitative estimate of drug-likeness (QED) is 0.402. The average Bonchev–Trinajstić information content (AvgIpc) is 3.23. The van der Waals surface area contributed by atoms with Crippen molar-refractivity contribution in [3.05, 3.63) is 93.6 Å². The van der Waals surface area contributed by atoms with Crippen LogP contribution >= 0.6 is 22.9 Å². The number of hydrogen-bond donors (Lipinski definition) is 1. The SMILES string of the molecule is CC(c1ccccc1)n1c(-c2ccc3c(c2)NC(=O)CO3)csc1=Nc1ccccc1Cl. The van der Waals surface area contributed by atoms with Gasteiger partial charge in [0, 0.05) is 10.9 Å². The molecule has 5 nitrogen and oxygen atoms in total. The van der Waals surface area contributed by atoms with Crippen LogP contribution in [0.15, 0.2) is 83.2 Å². The zero-order chi connectivity index (χ0) is 22.1. The fourth-order valence-electron chi connectivity index (χ4n) is 3.76. The first-order valence-corrected chi connectivity index (χ1v) is 11.5. The molecule has 32 heavy (non-hydrogen) atoms. The molecule has 0 saturated heterocycles. The summed E-state index contributed by atoms with van der Waals surface area (Å²) in [4.78, 5) is 17.5. The Morgan fingerprint density at radius 2 is 1.88 bits per heavy atom. The summed E-state index contributed by atoms with van der Waals surface area (Å²) >= 11 is 7.94. The molecular formula is C25H20ClN3O2S. The van der Waals surface area contributed by atoms with Crippen LogP contribution in [0.3, 0.4) is 0 Å². The van der Waals surface area contributed by atoms with Gasteiger partial charge in [-0.25, -0.2) is 4.99 Å². The summed E-state index contributed by atoms with van der Waals surface area (Å²) in [5, 5.41) is 5.59. The number of nitrogens with one attached hydrogen (secondary N) is 1. The van der Waals surface area contributed by atoms with Crippen LogP contribution in [-0.2, 0) is 4.79 Å². The number of anilines is 1. The highest BCUT2D eigenvalue weighted by molar-refractivity contribution is 7.07. The first-order chi connectivity index (χ1) is 15.6. The molecule has 0 spiro atoms. The molecule has 5 rings (SSSR count). The molecule has 0 radical (unpaired) electrons. The van der Waals surface area contributed by atoms with E-state index < -0.39 is 0 Å². The monoisotopic (exact) mass is 461 g/mol. The van der Waals surface area contributed by atoms with Gasteiger partial charge in [0.15, 0.2) is 11.4 Å². The zero-order valence-corrected chi connectivity index (χ0v) is 18.9. The number of thiazole rings is 1. The number of amides is 1. The van der Waals surface area contributed by atoms with E-state index in [2.05, 4.69) is 34.3 Å². The molecule has 3 aromatic carbocycles. The number of rotatable bonds is 4. The number of aromatic nitrogens is 1. The van der Waals surface area contributed by atoms with Crippen LogP contribution in [0.5, 0.6) is 5.75 Å². The Morgan fingerprint density at radius 1 is 1.09 bits per heavy atom. The lowest BCUT2D eigenvalue weighted by atomic mass is 10.1. The van der Waals surface area contributed by atoms with Crippen LogP contribution in [0.4, 0.5) is 11.4 Å². The number of carbonyl (C=O) groups excluding carboxylic acids is 1. The number of benzene rings is 3. The van der Waals surface area contributed by atoms with Gasteiger partial charge in [-0.2, -0.15) is 0 Å². The third-order valence-corrected chi connectivity index (χ3v) is 6.55.